The number of hydrogen-bond acceptors (Lipinski definition) is 6. The fraction of sp³-hybridized carbons (Fsp3) is 0.318. The summed E-state index contributed by atoms with van der Waals surface area (Å²) in [4.78, 5) is 15.9. The standard InChI is InChI=1S/C22H24N2O5/c1-26-17-11-19(28-3)18(27-2)10-14(17)21-20-13(9-16(24-21)22(25)29-4)12-7-5-6-8-15(12)23-20/h5-8,10-11,16,21,23-24H,9H2,1-4H3. The molecule has 2 N–H and O–H groups in total. The molecule has 7 heteroatoms. The van der Waals surface area contributed by atoms with Crippen LogP contribution in [0.4, 0.5) is 0 Å². The lowest BCUT2D eigenvalue weighted by atomic mass is 9.89. The van der Waals surface area contributed by atoms with Crippen LogP contribution < -0.4 is 19.5 Å². The predicted octanol–water partition coefficient (Wildman–Crippen LogP) is 2.97. The summed E-state index contributed by atoms with van der Waals surface area (Å²) < 4.78 is 21.6. The number of ether oxygens (including phenoxy) is 4. The number of benzene rings is 2. The molecule has 1 aliphatic rings. The van der Waals surface area contributed by atoms with E-state index in [0.29, 0.717) is 23.7 Å². The second-order valence-electron chi connectivity index (χ2n) is 6.89. The van der Waals surface area contributed by atoms with Crippen LogP contribution in [0.2, 0.25) is 0 Å². The predicted molar refractivity (Wildman–Crippen MR) is 109 cm³/mol. The van der Waals surface area contributed by atoms with Crippen LogP contribution in [-0.2, 0) is 16.0 Å². The first-order chi connectivity index (χ1) is 14.1. The summed E-state index contributed by atoms with van der Waals surface area (Å²) in [6.45, 7) is 0. The summed E-state index contributed by atoms with van der Waals surface area (Å²) in [6.07, 6.45) is 0.540. The number of para-hydroxylation sites is 1. The third kappa shape index (κ3) is 3.17. The Morgan fingerprint density at radius 1 is 0.966 bits per heavy atom. The molecule has 2 unspecified atom stereocenters. The summed E-state index contributed by atoms with van der Waals surface area (Å²) in [6, 6.07) is 11.0. The Hall–Kier alpha value is -3.19. The molecule has 0 fully saturated rings. The van der Waals surface area contributed by atoms with E-state index in [2.05, 4.69) is 16.4 Å². The number of hydrogen-bond donors (Lipinski definition) is 2. The van der Waals surface area contributed by atoms with Gasteiger partial charge in [-0.05, 0) is 17.7 Å². The van der Waals surface area contributed by atoms with Crippen molar-refractivity contribution in [2.75, 3.05) is 28.4 Å². The van der Waals surface area contributed by atoms with Crippen LogP contribution in [0.15, 0.2) is 36.4 Å². The van der Waals surface area contributed by atoms with Crippen molar-refractivity contribution in [3.05, 3.63) is 53.2 Å². The molecular formula is C22H24N2O5. The zero-order valence-corrected chi connectivity index (χ0v) is 16.9. The summed E-state index contributed by atoms with van der Waals surface area (Å²) in [7, 11) is 6.19. The van der Waals surface area contributed by atoms with Gasteiger partial charge in [0.05, 0.1) is 34.5 Å². The molecule has 7 nitrogen and oxygen atoms in total. The zero-order valence-electron chi connectivity index (χ0n) is 16.9. The van der Waals surface area contributed by atoms with Crippen molar-refractivity contribution in [1.29, 1.82) is 0 Å². The molecule has 0 saturated heterocycles. The molecule has 2 aromatic carbocycles. The Kier molecular flexibility index (Phi) is 5.07. The van der Waals surface area contributed by atoms with E-state index in [0.717, 1.165) is 27.7 Å². The number of rotatable bonds is 5. The van der Waals surface area contributed by atoms with E-state index in [1.807, 2.05) is 24.3 Å². The number of fused-ring (bicyclic) bond motifs is 3. The molecular weight excluding hydrogens is 372 g/mol. The molecule has 0 saturated carbocycles. The number of nitrogens with one attached hydrogen (secondary N) is 2. The smallest absolute Gasteiger partial charge is 0.323 e. The normalized spacial score (nSPS) is 18.2. The second-order valence-corrected chi connectivity index (χ2v) is 6.89. The Morgan fingerprint density at radius 3 is 2.34 bits per heavy atom. The molecule has 0 spiro atoms. The van der Waals surface area contributed by atoms with E-state index in [1.54, 1.807) is 27.4 Å². The highest BCUT2D eigenvalue weighted by Gasteiger charge is 2.36. The Bertz CT molecular complexity index is 1060. The lowest BCUT2D eigenvalue weighted by Crippen LogP contribution is -2.45. The highest BCUT2D eigenvalue weighted by molar-refractivity contribution is 5.87. The highest BCUT2D eigenvalue weighted by atomic mass is 16.5. The summed E-state index contributed by atoms with van der Waals surface area (Å²) in [5.41, 5.74) is 3.95. The van der Waals surface area contributed by atoms with Gasteiger partial charge in [-0.25, -0.2) is 0 Å². The van der Waals surface area contributed by atoms with Gasteiger partial charge in [0, 0.05) is 34.6 Å². The Balaban J connectivity index is 1.92. The van der Waals surface area contributed by atoms with Gasteiger partial charge in [0.2, 0.25) is 0 Å². The number of esters is 1. The number of H-pyrrole nitrogens is 1. The lowest BCUT2D eigenvalue weighted by molar-refractivity contribution is -0.143. The molecule has 2 heterocycles. The van der Waals surface area contributed by atoms with Gasteiger partial charge in [0.15, 0.2) is 11.5 Å². The first-order valence-corrected chi connectivity index (χ1v) is 9.34. The number of aromatic amines is 1. The highest BCUT2D eigenvalue weighted by Crippen LogP contribution is 2.42. The molecule has 0 radical (unpaired) electrons. The molecule has 0 bridgehead atoms. The van der Waals surface area contributed by atoms with Gasteiger partial charge in [-0.3, -0.25) is 10.1 Å². The van der Waals surface area contributed by atoms with Crippen LogP contribution in [0.25, 0.3) is 10.9 Å². The maximum atomic E-state index is 12.4. The number of aromatic nitrogens is 1. The minimum absolute atomic E-state index is 0.301. The first kappa shape index (κ1) is 19.1. The average Bonchev–Trinajstić information content (AvgIpc) is 3.15. The van der Waals surface area contributed by atoms with Crippen molar-refractivity contribution in [2.24, 2.45) is 0 Å². The van der Waals surface area contributed by atoms with Crippen molar-refractivity contribution in [2.45, 2.75) is 18.5 Å². The minimum atomic E-state index is -0.477. The number of carbonyl (C=O) groups is 1. The van der Waals surface area contributed by atoms with Crippen LogP contribution in [0.3, 0.4) is 0 Å². The molecule has 0 amide bonds. The second kappa shape index (κ2) is 7.67. The van der Waals surface area contributed by atoms with Gasteiger partial charge < -0.3 is 23.9 Å². The van der Waals surface area contributed by atoms with Crippen LogP contribution in [0, 0.1) is 0 Å². The maximum Gasteiger partial charge on any atom is 0.323 e. The fourth-order valence-corrected chi connectivity index (χ4v) is 4.05. The fourth-order valence-electron chi connectivity index (χ4n) is 4.05. The van der Waals surface area contributed by atoms with Gasteiger partial charge in [-0.15, -0.1) is 0 Å². The van der Waals surface area contributed by atoms with Gasteiger partial charge in [-0.2, -0.15) is 0 Å². The van der Waals surface area contributed by atoms with Crippen molar-refractivity contribution < 1.29 is 23.7 Å². The third-order valence-electron chi connectivity index (χ3n) is 5.44. The molecule has 3 aromatic rings. The van der Waals surface area contributed by atoms with Crippen LogP contribution in [0.1, 0.15) is 22.9 Å². The summed E-state index contributed by atoms with van der Waals surface area (Å²) in [5.74, 6) is 1.49. The number of carbonyl (C=O) groups excluding carboxylic acids is 1. The maximum absolute atomic E-state index is 12.4. The Labute approximate surface area is 168 Å². The monoisotopic (exact) mass is 396 g/mol. The van der Waals surface area contributed by atoms with Crippen LogP contribution in [-0.4, -0.2) is 45.4 Å². The third-order valence-corrected chi connectivity index (χ3v) is 5.44. The molecule has 29 heavy (non-hydrogen) atoms. The molecule has 1 aromatic heterocycles. The van der Waals surface area contributed by atoms with Gasteiger partial charge in [-0.1, -0.05) is 18.2 Å². The van der Waals surface area contributed by atoms with Crippen molar-refractivity contribution in [3.63, 3.8) is 0 Å². The van der Waals surface area contributed by atoms with Gasteiger partial charge in [0.1, 0.15) is 11.8 Å². The summed E-state index contributed by atoms with van der Waals surface area (Å²) in [5, 5.41) is 4.52. The van der Waals surface area contributed by atoms with Gasteiger partial charge in [0.25, 0.3) is 0 Å². The summed E-state index contributed by atoms with van der Waals surface area (Å²) >= 11 is 0. The van der Waals surface area contributed by atoms with Crippen molar-refractivity contribution in [3.8, 4) is 17.2 Å². The molecule has 1 aliphatic heterocycles. The van der Waals surface area contributed by atoms with Crippen LogP contribution >= 0.6 is 0 Å². The SMILES string of the molecule is COC(=O)C1Cc2c([nH]c3ccccc23)C(c2cc(OC)c(OC)cc2OC)N1. The van der Waals surface area contributed by atoms with Gasteiger partial charge >= 0.3 is 5.97 Å². The average molecular weight is 396 g/mol. The lowest BCUT2D eigenvalue weighted by Gasteiger charge is -2.31. The minimum Gasteiger partial charge on any atom is -0.496 e. The van der Waals surface area contributed by atoms with Crippen molar-refractivity contribution >= 4 is 16.9 Å². The largest absolute Gasteiger partial charge is 0.496 e. The molecule has 152 valence electrons. The van der Waals surface area contributed by atoms with E-state index < -0.39 is 6.04 Å². The van der Waals surface area contributed by atoms with E-state index in [9.17, 15) is 4.79 Å². The molecule has 4 rings (SSSR count). The van der Waals surface area contributed by atoms with E-state index in [4.69, 9.17) is 18.9 Å². The van der Waals surface area contributed by atoms with Crippen LogP contribution in [0.5, 0.6) is 17.2 Å². The molecule has 2 atom stereocenters. The topological polar surface area (TPSA) is 81.8 Å². The molecule has 0 aliphatic carbocycles. The Morgan fingerprint density at radius 2 is 1.66 bits per heavy atom. The van der Waals surface area contributed by atoms with E-state index in [-0.39, 0.29) is 12.0 Å². The zero-order chi connectivity index (χ0) is 20.5. The first-order valence-electron chi connectivity index (χ1n) is 9.34. The van der Waals surface area contributed by atoms with E-state index >= 15 is 0 Å². The van der Waals surface area contributed by atoms with Crippen molar-refractivity contribution in [1.82, 2.24) is 10.3 Å². The number of methoxy groups -OCH3 is 4. The van der Waals surface area contributed by atoms with E-state index in [1.165, 1.54) is 7.11 Å². The quantitative estimate of drug-likeness (QED) is 0.646.